The number of benzene rings is 1. The fourth-order valence-electron chi connectivity index (χ4n) is 3.56. The molecule has 2 aliphatic rings. The van der Waals surface area contributed by atoms with Crippen molar-refractivity contribution in [1.82, 2.24) is 9.80 Å². The lowest BCUT2D eigenvalue weighted by Gasteiger charge is -2.31. The van der Waals surface area contributed by atoms with E-state index in [0.29, 0.717) is 12.5 Å². The van der Waals surface area contributed by atoms with E-state index in [1.807, 2.05) is 4.90 Å². The predicted molar refractivity (Wildman–Crippen MR) is 109 cm³/mol. The minimum Gasteiger partial charge on any atom is -0.493 e. The number of nitrogens with one attached hydrogen (secondary N) is 1. The smallest absolute Gasteiger partial charge is 0.188 e. The average molecular weight is 405 g/mol. The second-order valence-electron chi connectivity index (χ2n) is 6.81. The molecule has 1 aromatic carbocycles. The highest BCUT2D eigenvalue weighted by molar-refractivity contribution is 5.85. The van der Waals surface area contributed by atoms with Gasteiger partial charge < -0.3 is 25.4 Å². The van der Waals surface area contributed by atoms with Crippen LogP contribution >= 0.6 is 24.8 Å². The molecule has 0 aliphatic carbocycles. The third-order valence-electron chi connectivity index (χ3n) is 5.14. The Balaban J connectivity index is 0.00000169. The molecule has 0 spiro atoms. The Morgan fingerprint density at radius 1 is 1.19 bits per heavy atom. The molecule has 6 nitrogen and oxygen atoms in total. The highest BCUT2D eigenvalue weighted by atomic mass is 35.5. The van der Waals surface area contributed by atoms with Gasteiger partial charge in [0, 0.05) is 19.6 Å². The number of rotatable bonds is 5. The van der Waals surface area contributed by atoms with E-state index >= 15 is 0 Å². The lowest BCUT2D eigenvalue weighted by Crippen LogP contribution is -2.40. The molecule has 0 bridgehead atoms. The van der Waals surface area contributed by atoms with Crippen LogP contribution in [0.1, 0.15) is 24.0 Å². The monoisotopic (exact) mass is 404 g/mol. The maximum absolute atomic E-state index is 9.00. The Hall–Kier alpha value is -1.21. The summed E-state index contributed by atoms with van der Waals surface area (Å²) in [5.74, 6) is 1.64. The van der Waals surface area contributed by atoms with Crippen molar-refractivity contribution in [1.29, 1.82) is 5.41 Å². The minimum atomic E-state index is 0. The van der Waals surface area contributed by atoms with Gasteiger partial charge >= 0.3 is 0 Å². The van der Waals surface area contributed by atoms with Gasteiger partial charge in [0.25, 0.3) is 0 Å². The normalized spacial score (nSPS) is 17.7. The number of guanidine groups is 1. The molecule has 0 unspecified atom stereocenters. The van der Waals surface area contributed by atoms with Gasteiger partial charge in [0.05, 0.1) is 13.2 Å². The maximum Gasteiger partial charge on any atom is 0.188 e. The summed E-state index contributed by atoms with van der Waals surface area (Å²) < 4.78 is 6.03. The Labute approximate surface area is 168 Å². The third kappa shape index (κ3) is 5.91. The number of aliphatic hydroxyl groups excluding tert-OH is 1. The highest BCUT2D eigenvalue weighted by Crippen LogP contribution is 2.25. The lowest BCUT2D eigenvalue weighted by atomic mass is 9.97. The zero-order valence-corrected chi connectivity index (χ0v) is 16.7. The van der Waals surface area contributed by atoms with E-state index in [1.165, 1.54) is 11.1 Å². The number of piperidine rings is 1. The third-order valence-corrected chi connectivity index (χ3v) is 5.14. The first-order valence-electron chi connectivity index (χ1n) is 8.82. The second kappa shape index (κ2) is 10.8. The van der Waals surface area contributed by atoms with Crippen LogP contribution in [0.2, 0.25) is 0 Å². The molecule has 8 heteroatoms. The molecular weight excluding hydrogens is 375 g/mol. The number of hydrogen-bond donors (Lipinski definition) is 3. The van der Waals surface area contributed by atoms with Crippen molar-refractivity contribution in [3.8, 4) is 5.75 Å². The van der Waals surface area contributed by atoms with Gasteiger partial charge in [0.2, 0.25) is 0 Å². The molecule has 26 heavy (non-hydrogen) atoms. The Kier molecular flexibility index (Phi) is 9.50. The van der Waals surface area contributed by atoms with Crippen molar-refractivity contribution in [3.05, 3.63) is 29.3 Å². The van der Waals surface area contributed by atoms with Crippen LogP contribution in [0.4, 0.5) is 0 Å². The summed E-state index contributed by atoms with van der Waals surface area (Å²) in [7, 11) is 0. The fourth-order valence-corrected chi connectivity index (χ4v) is 3.56. The Bertz CT molecular complexity index is 580. The van der Waals surface area contributed by atoms with Gasteiger partial charge in [-0.3, -0.25) is 5.41 Å². The van der Waals surface area contributed by atoms with E-state index in [1.54, 1.807) is 0 Å². The van der Waals surface area contributed by atoms with Crippen LogP contribution in [-0.2, 0) is 13.0 Å². The molecule has 3 rings (SSSR count). The van der Waals surface area contributed by atoms with E-state index in [2.05, 4.69) is 23.1 Å². The van der Waals surface area contributed by atoms with Crippen molar-refractivity contribution in [3.63, 3.8) is 0 Å². The molecule has 0 atom stereocenters. The van der Waals surface area contributed by atoms with Gasteiger partial charge in [-0.15, -0.1) is 24.8 Å². The molecule has 1 fully saturated rings. The first kappa shape index (κ1) is 22.8. The number of nitrogens with zero attached hydrogens (tertiary/aromatic N) is 2. The SMILES string of the molecule is Cl.Cl.N=C(N)N1CCc2ccc(OCC3CCN(CCO)CC3)cc2C1. The van der Waals surface area contributed by atoms with E-state index in [4.69, 9.17) is 21.0 Å². The topological polar surface area (TPSA) is 85.8 Å². The van der Waals surface area contributed by atoms with Crippen LogP contribution in [0.3, 0.4) is 0 Å². The van der Waals surface area contributed by atoms with Crippen LogP contribution in [0.25, 0.3) is 0 Å². The van der Waals surface area contributed by atoms with Crippen LogP contribution in [0, 0.1) is 11.3 Å². The van der Waals surface area contributed by atoms with E-state index in [0.717, 1.165) is 57.8 Å². The van der Waals surface area contributed by atoms with Crippen molar-refractivity contribution >= 4 is 30.8 Å². The van der Waals surface area contributed by atoms with E-state index in [-0.39, 0.29) is 37.4 Å². The molecular formula is C18H30Cl2N4O2. The van der Waals surface area contributed by atoms with Gasteiger partial charge in [-0.1, -0.05) is 6.07 Å². The van der Waals surface area contributed by atoms with Crippen molar-refractivity contribution < 1.29 is 9.84 Å². The predicted octanol–water partition coefficient (Wildman–Crippen LogP) is 1.86. The van der Waals surface area contributed by atoms with Crippen molar-refractivity contribution in [2.24, 2.45) is 11.7 Å². The summed E-state index contributed by atoms with van der Waals surface area (Å²) in [6, 6.07) is 6.31. The van der Waals surface area contributed by atoms with Crippen LogP contribution in [0.5, 0.6) is 5.75 Å². The number of fused-ring (bicyclic) bond motifs is 1. The molecule has 148 valence electrons. The number of likely N-dealkylation sites (tertiary alicyclic amines) is 1. The van der Waals surface area contributed by atoms with E-state index < -0.39 is 0 Å². The molecule has 2 heterocycles. The molecule has 0 saturated carbocycles. The Morgan fingerprint density at radius 2 is 1.92 bits per heavy atom. The summed E-state index contributed by atoms with van der Waals surface area (Å²) in [5.41, 5.74) is 8.15. The second-order valence-corrected chi connectivity index (χ2v) is 6.81. The molecule has 1 aromatic rings. The van der Waals surface area contributed by atoms with Gasteiger partial charge in [-0.25, -0.2) is 0 Å². The summed E-state index contributed by atoms with van der Waals surface area (Å²) in [6.07, 6.45) is 3.19. The largest absolute Gasteiger partial charge is 0.493 e. The lowest BCUT2D eigenvalue weighted by molar-refractivity contribution is 0.122. The number of ether oxygens (including phenoxy) is 1. The summed E-state index contributed by atoms with van der Waals surface area (Å²) in [6.45, 7) is 5.38. The van der Waals surface area contributed by atoms with Crippen LogP contribution < -0.4 is 10.5 Å². The number of aliphatic hydroxyl groups is 1. The van der Waals surface area contributed by atoms with Crippen LogP contribution in [-0.4, -0.2) is 60.3 Å². The summed E-state index contributed by atoms with van der Waals surface area (Å²) in [4.78, 5) is 4.20. The number of hydrogen-bond acceptors (Lipinski definition) is 4. The number of halogens is 2. The molecule has 0 aromatic heterocycles. The molecule has 4 N–H and O–H groups in total. The first-order valence-corrected chi connectivity index (χ1v) is 8.82. The number of nitrogens with two attached hydrogens (primary N) is 1. The average Bonchev–Trinajstić information content (AvgIpc) is 2.60. The van der Waals surface area contributed by atoms with Crippen LogP contribution in [0.15, 0.2) is 18.2 Å². The van der Waals surface area contributed by atoms with Gasteiger partial charge in [-0.2, -0.15) is 0 Å². The zero-order valence-electron chi connectivity index (χ0n) is 15.0. The summed E-state index contributed by atoms with van der Waals surface area (Å²) in [5, 5.41) is 16.6. The highest BCUT2D eigenvalue weighted by Gasteiger charge is 2.20. The molecule has 0 radical (unpaired) electrons. The molecule has 0 amide bonds. The first-order chi connectivity index (χ1) is 11.7. The zero-order chi connectivity index (χ0) is 16.9. The van der Waals surface area contributed by atoms with Gasteiger partial charge in [0.15, 0.2) is 5.96 Å². The van der Waals surface area contributed by atoms with Crippen molar-refractivity contribution in [2.45, 2.75) is 25.8 Å². The Morgan fingerprint density at radius 3 is 2.58 bits per heavy atom. The molecule has 1 saturated heterocycles. The van der Waals surface area contributed by atoms with Gasteiger partial charge in [-0.05, 0) is 61.5 Å². The van der Waals surface area contributed by atoms with E-state index in [9.17, 15) is 0 Å². The minimum absolute atomic E-state index is 0. The quantitative estimate of drug-likeness (QED) is 0.515. The summed E-state index contributed by atoms with van der Waals surface area (Å²) >= 11 is 0. The van der Waals surface area contributed by atoms with Gasteiger partial charge in [0.1, 0.15) is 5.75 Å². The fraction of sp³-hybridized carbons (Fsp3) is 0.611. The standard InChI is InChI=1S/C18H28N4O2.2ClH/c19-18(20)22-8-5-15-1-2-17(11-16(15)12-22)24-13-14-3-6-21(7-4-14)9-10-23;;/h1-2,11,14,23H,3-10,12-13H2,(H3,19,20);2*1H. The number of β-amino-alcohol motifs (C(OH)–C–C–N with tert-alkyl or cyclic N) is 1. The molecule has 2 aliphatic heterocycles. The maximum atomic E-state index is 9.00. The van der Waals surface area contributed by atoms with Crippen molar-refractivity contribution in [2.75, 3.05) is 39.4 Å².